The van der Waals surface area contributed by atoms with Crippen molar-refractivity contribution in [1.29, 1.82) is 5.26 Å². The van der Waals surface area contributed by atoms with Gasteiger partial charge in [-0.25, -0.2) is 9.48 Å². The summed E-state index contributed by atoms with van der Waals surface area (Å²) in [6.07, 6.45) is -3.34. The Balaban J connectivity index is 1.92. The molecule has 156 valence electrons. The van der Waals surface area contributed by atoms with E-state index in [1.54, 1.807) is 24.3 Å². The maximum absolute atomic E-state index is 13.2. The number of aromatic nitrogens is 3. The van der Waals surface area contributed by atoms with Gasteiger partial charge in [-0.1, -0.05) is 18.2 Å². The normalized spacial score (nSPS) is 16.1. The zero-order chi connectivity index (χ0) is 22.3. The van der Waals surface area contributed by atoms with Crippen LogP contribution in [0, 0.1) is 11.3 Å². The molecule has 1 aromatic heterocycles. The third-order valence-corrected chi connectivity index (χ3v) is 5.01. The maximum Gasteiger partial charge on any atom is 0.416 e. The average Bonchev–Trinajstić information content (AvgIpc) is 3.21. The predicted octanol–water partition coefficient (Wildman–Crippen LogP) is 4.27. The molecule has 0 saturated heterocycles. The van der Waals surface area contributed by atoms with Gasteiger partial charge in [0.25, 0.3) is 0 Å². The van der Waals surface area contributed by atoms with Crippen molar-refractivity contribution in [2.75, 3.05) is 4.90 Å². The number of alkyl halides is 3. The van der Waals surface area contributed by atoms with E-state index in [9.17, 15) is 23.1 Å². The second-order valence-corrected chi connectivity index (χ2v) is 6.83. The summed E-state index contributed by atoms with van der Waals surface area (Å²) in [6.45, 7) is 1.51. The summed E-state index contributed by atoms with van der Waals surface area (Å²) in [5.74, 6) is -1.07. The molecule has 0 aliphatic carbocycles. The molecule has 0 saturated carbocycles. The van der Waals surface area contributed by atoms with Crippen LogP contribution in [0.3, 0.4) is 0 Å². The summed E-state index contributed by atoms with van der Waals surface area (Å²) in [4.78, 5) is 17.7. The monoisotopic (exact) mass is 425 g/mol. The third kappa shape index (κ3) is 3.40. The van der Waals surface area contributed by atoms with Gasteiger partial charge in [-0.15, -0.1) is 0 Å². The number of anilines is 2. The van der Waals surface area contributed by atoms with E-state index in [-0.39, 0.29) is 22.9 Å². The summed E-state index contributed by atoms with van der Waals surface area (Å²) in [6, 6.07) is 12.0. The van der Waals surface area contributed by atoms with Crippen LogP contribution in [-0.4, -0.2) is 25.8 Å². The number of halogens is 3. The lowest BCUT2D eigenvalue weighted by Crippen LogP contribution is -2.34. The lowest BCUT2D eigenvalue weighted by atomic mass is 9.94. The van der Waals surface area contributed by atoms with Gasteiger partial charge in [0.1, 0.15) is 12.4 Å². The Labute approximate surface area is 174 Å². The first-order valence-corrected chi connectivity index (χ1v) is 9.03. The molecule has 0 radical (unpaired) electrons. The van der Waals surface area contributed by atoms with E-state index in [1.165, 1.54) is 35.0 Å². The molecule has 0 fully saturated rings. The first-order chi connectivity index (χ1) is 14.7. The van der Waals surface area contributed by atoms with Gasteiger partial charge in [0, 0.05) is 11.4 Å². The Morgan fingerprint density at radius 3 is 2.52 bits per heavy atom. The highest BCUT2D eigenvalue weighted by atomic mass is 19.4. The van der Waals surface area contributed by atoms with E-state index < -0.39 is 23.8 Å². The van der Waals surface area contributed by atoms with Gasteiger partial charge < -0.3 is 5.11 Å². The fourth-order valence-electron chi connectivity index (χ4n) is 3.63. The van der Waals surface area contributed by atoms with Crippen LogP contribution in [0.15, 0.2) is 66.1 Å². The number of nitriles is 1. The van der Waals surface area contributed by atoms with Crippen molar-refractivity contribution in [3.8, 4) is 6.07 Å². The van der Waals surface area contributed by atoms with Crippen molar-refractivity contribution in [2.45, 2.75) is 19.1 Å². The van der Waals surface area contributed by atoms with Crippen molar-refractivity contribution >= 4 is 17.6 Å². The van der Waals surface area contributed by atoms with Crippen molar-refractivity contribution in [3.05, 3.63) is 82.8 Å². The molecule has 2 heterocycles. The minimum Gasteiger partial charge on any atom is -0.478 e. The average molecular weight is 425 g/mol. The van der Waals surface area contributed by atoms with Gasteiger partial charge in [0.05, 0.1) is 22.8 Å². The van der Waals surface area contributed by atoms with Crippen molar-refractivity contribution in [1.82, 2.24) is 14.8 Å². The number of aliphatic carboxylic acids is 1. The quantitative estimate of drug-likeness (QED) is 0.674. The molecule has 0 amide bonds. The van der Waals surface area contributed by atoms with E-state index in [1.807, 2.05) is 6.07 Å². The number of carboxylic acid groups (broad SMARTS) is 1. The molecule has 1 aliphatic heterocycles. The fraction of sp³-hybridized carbons (Fsp3) is 0.143. The van der Waals surface area contributed by atoms with Crippen molar-refractivity contribution in [2.24, 2.45) is 0 Å². The molecule has 2 aromatic carbocycles. The summed E-state index contributed by atoms with van der Waals surface area (Å²) in [5, 5.41) is 23.1. The smallest absolute Gasteiger partial charge is 0.416 e. The molecular weight excluding hydrogens is 411 g/mol. The molecular formula is C21H14F3N5O2. The number of hydrogen-bond acceptors (Lipinski definition) is 5. The predicted molar refractivity (Wildman–Crippen MR) is 103 cm³/mol. The molecule has 4 rings (SSSR count). The first-order valence-electron chi connectivity index (χ1n) is 9.03. The summed E-state index contributed by atoms with van der Waals surface area (Å²) in [7, 11) is 0. The van der Waals surface area contributed by atoms with Crippen molar-refractivity contribution in [3.63, 3.8) is 0 Å². The van der Waals surface area contributed by atoms with Crippen LogP contribution in [0.25, 0.3) is 0 Å². The SMILES string of the molecule is CC1=C(C(=O)O)[C@@H](c2ccc(C#N)cc2)n2ncnc2N1c1cccc(C(F)(F)F)c1. The number of nitrogens with zero attached hydrogens (tertiary/aromatic N) is 5. The van der Waals surface area contributed by atoms with E-state index in [4.69, 9.17) is 5.26 Å². The molecule has 1 N–H and O–H groups in total. The van der Waals surface area contributed by atoms with E-state index in [2.05, 4.69) is 10.1 Å². The van der Waals surface area contributed by atoms with Gasteiger partial charge in [-0.3, -0.25) is 4.90 Å². The highest BCUT2D eigenvalue weighted by Crippen LogP contribution is 2.42. The Kier molecular flexibility index (Phi) is 4.74. The number of allylic oxidation sites excluding steroid dienone is 1. The van der Waals surface area contributed by atoms with Gasteiger partial charge >= 0.3 is 12.1 Å². The Bertz CT molecular complexity index is 1240. The number of carbonyl (C=O) groups is 1. The first kappa shape index (κ1) is 20.2. The number of rotatable bonds is 3. The van der Waals surface area contributed by atoms with Gasteiger partial charge in [-0.05, 0) is 42.8 Å². The van der Waals surface area contributed by atoms with Gasteiger partial charge in [0.15, 0.2) is 0 Å². The molecule has 0 spiro atoms. The molecule has 1 aliphatic rings. The van der Waals surface area contributed by atoms with Crippen LogP contribution in [-0.2, 0) is 11.0 Å². The zero-order valence-electron chi connectivity index (χ0n) is 16.0. The standard InChI is InChI=1S/C21H14F3N5O2/c1-12-17(19(30)31)18(14-7-5-13(10-25)6-8-14)29-20(26-11-27-29)28(12)16-4-2-3-15(9-16)21(22,23)24/h2-9,11,18H,1H3,(H,30,31)/t18-/m1/s1. The molecule has 3 aromatic rings. The van der Waals surface area contributed by atoms with E-state index >= 15 is 0 Å². The van der Waals surface area contributed by atoms with Gasteiger partial charge in [-0.2, -0.15) is 28.5 Å². The number of carboxylic acids is 1. The summed E-state index contributed by atoms with van der Waals surface area (Å²) in [5.41, 5.74) is 0.336. The molecule has 0 bridgehead atoms. The van der Waals surface area contributed by atoms with E-state index in [0.717, 1.165) is 12.1 Å². The topological polar surface area (TPSA) is 95.0 Å². The van der Waals surface area contributed by atoms with E-state index in [0.29, 0.717) is 11.1 Å². The van der Waals surface area contributed by atoms with Gasteiger partial charge in [0.2, 0.25) is 5.95 Å². The minimum absolute atomic E-state index is 0.0693. The van der Waals surface area contributed by atoms with Crippen LogP contribution in [0.2, 0.25) is 0 Å². The second kappa shape index (κ2) is 7.28. The van der Waals surface area contributed by atoms with Crippen LogP contribution in [0.5, 0.6) is 0 Å². The fourth-order valence-corrected chi connectivity index (χ4v) is 3.63. The number of hydrogen-bond donors (Lipinski definition) is 1. The summed E-state index contributed by atoms with van der Waals surface area (Å²) < 4.78 is 41.1. The second-order valence-electron chi connectivity index (χ2n) is 6.83. The van der Waals surface area contributed by atoms with Crippen LogP contribution in [0.4, 0.5) is 24.8 Å². The highest BCUT2D eigenvalue weighted by molar-refractivity contribution is 5.92. The largest absolute Gasteiger partial charge is 0.478 e. The molecule has 10 heteroatoms. The zero-order valence-corrected chi connectivity index (χ0v) is 16.0. The third-order valence-electron chi connectivity index (χ3n) is 5.01. The lowest BCUT2D eigenvalue weighted by Gasteiger charge is -2.35. The van der Waals surface area contributed by atoms with Crippen LogP contribution >= 0.6 is 0 Å². The molecule has 0 unspecified atom stereocenters. The molecule has 31 heavy (non-hydrogen) atoms. The van der Waals surface area contributed by atoms with Crippen LogP contribution in [0.1, 0.15) is 29.7 Å². The molecule has 7 nitrogen and oxygen atoms in total. The Hall–Kier alpha value is -4.13. The van der Waals surface area contributed by atoms with Crippen LogP contribution < -0.4 is 4.90 Å². The molecule has 1 atom stereocenters. The highest BCUT2D eigenvalue weighted by Gasteiger charge is 2.38. The Morgan fingerprint density at radius 1 is 1.19 bits per heavy atom. The van der Waals surface area contributed by atoms with Crippen molar-refractivity contribution < 1.29 is 23.1 Å². The maximum atomic E-state index is 13.2. The number of benzene rings is 2. The lowest BCUT2D eigenvalue weighted by molar-refractivity contribution is -0.137. The summed E-state index contributed by atoms with van der Waals surface area (Å²) >= 11 is 0. The Morgan fingerprint density at radius 2 is 1.90 bits per heavy atom. The minimum atomic E-state index is -4.56. The number of fused-ring (bicyclic) bond motifs is 1.